The fourth-order valence-corrected chi connectivity index (χ4v) is 3.03. The molecule has 2 aromatic carbocycles. The maximum absolute atomic E-state index is 13.8. The number of nitrogens with one attached hydrogen (secondary N) is 1. The van der Waals surface area contributed by atoms with Crippen LogP contribution >= 0.6 is 11.8 Å². The van der Waals surface area contributed by atoms with Crippen LogP contribution in [0.2, 0.25) is 0 Å². The maximum Gasteiger partial charge on any atom is 0.209 e. The molecule has 3 rings (SSSR count). The molecular weight excluding hydrogens is 313 g/mol. The highest BCUT2D eigenvalue weighted by molar-refractivity contribution is 7.99. The predicted octanol–water partition coefficient (Wildman–Crippen LogP) is 4.47. The van der Waals surface area contributed by atoms with Gasteiger partial charge in [0.2, 0.25) is 5.16 Å². The van der Waals surface area contributed by atoms with Crippen molar-refractivity contribution in [2.75, 3.05) is 7.11 Å². The van der Waals surface area contributed by atoms with Crippen molar-refractivity contribution in [2.45, 2.75) is 17.3 Å². The zero-order valence-corrected chi connectivity index (χ0v) is 13.6. The summed E-state index contributed by atoms with van der Waals surface area (Å²) in [6.07, 6.45) is 0. The molecule has 0 amide bonds. The molecule has 0 saturated carbocycles. The second kappa shape index (κ2) is 6.83. The summed E-state index contributed by atoms with van der Waals surface area (Å²) in [6, 6.07) is 14.4. The molecular formula is C17H16FN3OS. The van der Waals surface area contributed by atoms with Gasteiger partial charge in [-0.05, 0) is 36.8 Å². The summed E-state index contributed by atoms with van der Waals surface area (Å²) in [5.74, 6) is 0.932. The minimum Gasteiger partial charge on any atom is -0.497 e. The molecule has 0 fully saturated rings. The highest BCUT2D eigenvalue weighted by Gasteiger charge is 2.14. The third-order valence-electron chi connectivity index (χ3n) is 3.44. The zero-order valence-electron chi connectivity index (χ0n) is 12.8. The SMILES string of the molecule is COc1cccc([C@H](C)Sc2n[nH]c(-c3ccccc3F)n2)c1. The minimum absolute atomic E-state index is 0.148. The van der Waals surface area contributed by atoms with Crippen LogP contribution in [0.25, 0.3) is 11.4 Å². The Balaban J connectivity index is 1.77. The Hall–Kier alpha value is -2.34. The first-order valence-electron chi connectivity index (χ1n) is 7.15. The van der Waals surface area contributed by atoms with Gasteiger partial charge in [0.1, 0.15) is 11.6 Å². The van der Waals surface area contributed by atoms with E-state index >= 15 is 0 Å². The number of rotatable bonds is 5. The van der Waals surface area contributed by atoms with Gasteiger partial charge in [-0.15, -0.1) is 5.10 Å². The standard InChI is InChI=1S/C17H16FN3OS/c1-11(12-6-5-7-13(10-12)22-2)23-17-19-16(20-21-17)14-8-3-4-9-15(14)18/h3-11H,1-2H3,(H,19,20,21)/t11-/m0/s1. The molecule has 1 aromatic heterocycles. The fraction of sp³-hybridized carbons (Fsp3) is 0.176. The maximum atomic E-state index is 13.8. The quantitative estimate of drug-likeness (QED) is 0.702. The first-order valence-corrected chi connectivity index (χ1v) is 8.03. The summed E-state index contributed by atoms with van der Waals surface area (Å²) >= 11 is 1.51. The summed E-state index contributed by atoms with van der Waals surface area (Å²) in [5, 5.41) is 7.70. The van der Waals surface area contributed by atoms with Crippen molar-refractivity contribution in [1.82, 2.24) is 15.2 Å². The summed E-state index contributed by atoms with van der Waals surface area (Å²) in [7, 11) is 1.65. The van der Waals surface area contributed by atoms with Gasteiger partial charge < -0.3 is 4.74 Å². The van der Waals surface area contributed by atoms with E-state index in [1.807, 2.05) is 24.3 Å². The second-order valence-electron chi connectivity index (χ2n) is 4.98. The van der Waals surface area contributed by atoms with Crippen molar-refractivity contribution < 1.29 is 9.13 Å². The average molecular weight is 329 g/mol. The fourth-order valence-electron chi connectivity index (χ4n) is 2.19. The number of benzene rings is 2. The van der Waals surface area contributed by atoms with Gasteiger partial charge in [-0.25, -0.2) is 9.37 Å². The molecule has 0 aliphatic heterocycles. The minimum atomic E-state index is -0.318. The van der Waals surface area contributed by atoms with Gasteiger partial charge in [0.25, 0.3) is 0 Å². The van der Waals surface area contributed by atoms with E-state index in [2.05, 4.69) is 22.1 Å². The number of aromatic nitrogens is 3. The molecule has 0 spiro atoms. The molecule has 0 unspecified atom stereocenters. The number of hydrogen-bond donors (Lipinski definition) is 1. The number of methoxy groups -OCH3 is 1. The third-order valence-corrected chi connectivity index (χ3v) is 4.46. The van der Waals surface area contributed by atoms with Gasteiger partial charge in [0.05, 0.1) is 12.7 Å². The lowest BCUT2D eigenvalue weighted by molar-refractivity contribution is 0.414. The van der Waals surface area contributed by atoms with Gasteiger partial charge in [-0.1, -0.05) is 36.0 Å². The number of ether oxygens (including phenoxy) is 1. The molecule has 6 heteroatoms. The molecule has 3 aromatic rings. The monoisotopic (exact) mass is 329 g/mol. The number of aromatic amines is 1. The Morgan fingerprint density at radius 3 is 2.78 bits per heavy atom. The van der Waals surface area contributed by atoms with E-state index in [0.717, 1.165) is 11.3 Å². The molecule has 0 bridgehead atoms. The van der Waals surface area contributed by atoms with E-state index in [4.69, 9.17) is 4.74 Å². The molecule has 1 N–H and O–H groups in total. The summed E-state index contributed by atoms with van der Waals surface area (Å²) in [4.78, 5) is 4.37. The van der Waals surface area contributed by atoms with Crippen molar-refractivity contribution in [3.05, 3.63) is 59.9 Å². The van der Waals surface area contributed by atoms with Crippen LogP contribution in [0.1, 0.15) is 17.7 Å². The van der Waals surface area contributed by atoms with Gasteiger partial charge >= 0.3 is 0 Å². The Kier molecular flexibility index (Phi) is 4.62. The molecule has 1 heterocycles. The van der Waals surface area contributed by atoms with Gasteiger partial charge in [0.15, 0.2) is 5.82 Å². The normalized spacial score (nSPS) is 12.1. The number of thioether (sulfide) groups is 1. The summed E-state index contributed by atoms with van der Waals surface area (Å²) in [6.45, 7) is 2.07. The van der Waals surface area contributed by atoms with Crippen LogP contribution in [0.5, 0.6) is 5.75 Å². The number of nitrogens with zero attached hydrogens (tertiary/aromatic N) is 2. The van der Waals surface area contributed by atoms with Crippen molar-refractivity contribution in [1.29, 1.82) is 0 Å². The number of H-pyrrole nitrogens is 1. The van der Waals surface area contributed by atoms with E-state index in [1.54, 1.807) is 25.3 Å². The lowest BCUT2D eigenvalue weighted by Crippen LogP contribution is -1.91. The Morgan fingerprint density at radius 1 is 1.17 bits per heavy atom. The van der Waals surface area contributed by atoms with E-state index in [9.17, 15) is 4.39 Å². The highest BCUT2D eigenvalue weighted by atomic mass is 32.2. The molecule has 118 valence electrons. The smallest absolute Gasteiger partial charge is 0.209 e. The van der Waals surface area contributed by atoms with Crippen molar-refractivity contribution in [2.24, 2.45) is 0 Å². The molecule has 0 saturated heterocycles. The van der Waals surface area contributed by atoms with Crippen LogP contribution in [0, 0.1) is 5.82 Å². The predicted molar refractivity (Wildman–Crippen MR) is 89.0 cm³/mol. The highest BCUT2D eigenvalue weighted by Crippen LogP contribution is 2.34. The van der Waals surface area contributed by atoms with Crippen molar-refractivity contribution in [3.8, 4) is 17.1 Å². The third kappa shape index (κ3) is 3.53. The largest absolute Gasteiger partial charge is 0.497 e. The molecule has 0 radical (unpaired) electrons. The molecule has 0 aliphatic rings. The van der Waals surface area contributed by atoms with Crippen LogP contribution < -0.4 is 4.74 Å². The van der Waals surface area contributed by atoms with Gasteiger partial charge in [-0.3, -0.25) is 5.10 Å². The molecule has 0 aliphatic carbocycles. The average Bonchev–Trinajstić information content (AvgIpc) is 3.03. The van der Waals surface area contributed by atoms with Crippen LogP contribution in [0.4, 0.5) is 4.39 Å². The van der Waals surface area contributed by atoms with E-state index < -0.39 is 0 Å². The lowest BCUT2D eigenvalue weighted by Gasteiger charge is -2.10. The van der Waals surface area contributed by atoms with Crippen LogP contribution in [0.15, 0.2) is 53.7 Å². The van der Waals surface area contributed by atoms with Crippen molar-refractivity contribution >= 4 is 11.8 Å². The number of halogens is 1. The molecule has 23 heavy (non-hydrogen) atoms. The first kappa shape index (κ1) is 15.6. The topological polar surface area (TPSA) is 50.8 Å². The van der Waals surface area contributed by atoms with Crippen molar-refractivity contribution in [3.63, 3.8) is 0 Å². The Bertz CT molecular complexity index is 806. The first-order chi connectivity index (χ1) is 11.2. The zero-order chi connectivity index (χ0) is 16.2. The summed E-state index contributed by atoms with van der Waals surface area (Å²) < 4.78 is 19.0. The van der Waals surface area contributed by atoms with E-state index in [-0.39, 0.29) is 11.1 Å². The van der Waals surface area contributed by atoms with E-state index in [1.165, 1.54) is 17.8 Å². The van der Waals surface area contributed by atoms with Gasteiger partial charge in [0, 0.05) is 5.25 Å². The van der Waals surface area contributed by atoms with Gasteiger partial charge in [-0.2, -0.15) is 0 Å². The summed E-state index contributed by atoms with van der Waals surface area (Å²) in [5.41, 5.74) is 1.53. The number of hydrogen-bond acceptors (Lipinski definition) is 4. The second-order valence-corrected chi connectivity index (χ2v) is 6.29. The van der Waals surface area contributed by atoms with Crippen LogP contribution in [0.3, 0.4) is 0 Å². The molecule has 4 nitrogen and oxygen atoms in total. The Labute approximate surface area is 138 Å². The van der Waals surface area contributed by atoms with Crippen LogP contribution in [-0.2, 0) is 0 Å². The Morgan fingerprint density at radius 2 is 2.00 bits per heavy atom. The lowest BCUT2D eigenvalue weighted by atomic mass is 10.1. The van der Waals surface area contributed by atoms with E-state index in [0.29, 0.717) is 16.5 Å². The molecule has 1 atom stereocenters. The van der Waals surface area contributed by atoms with Crippen LogP contribution in [-0.4, -0.2) is 22.3 Å².